The molecule has 0 bridgehead atoms. The lowest BCUT2D eigenvalue weighted by Gasteiger charge is -2.29. The van der Waals surface area contributed by atoms with Crippen LogP contribution in [0, 0.1) is 0 Å². The summed E-state index contributed by atoms with van der Waals surface area (Å²) in [6.45, 7) is 0. The molecule has 3 aromatic carbocycles. The summed E-state index contributed by atoms with van der Waals surface area (Å²) < 4.78 is 13.7. The highest BCUT2D eigenvalue weighted by Crippen LogP contribution is 2.37. The zero-order valence-corrected chi connectivity index (χ0v) is 20.7. The molecule has 8 heteroatoms. The third-order valence-electron chi connectivity index (χ3n) is 6.85. The van der Waals surface area contributed by atoms with Crippen molar-refractivity contribution >= 4 is 22.8 Å². The standard InChI is InChI=1S/C30H27N5O3/c31-28-26-27(20-14-16-24(17-15-20)37-23-11-5-2-6-12-23)34-35(29(26)33-19-32-28)22-10-7-13-25(18-22)38-30(36)21-8-3-1-4-9-21/h1-6,8-9,11-12,14-17,19,22,25H,7,10,13,18H2,(H2,31,32,33). The molecule has 38 heavy (non-hydrogen) atoms. The number of carbonyl (C=O) groups is 1. The monoisotopic (exact) mass is 505 g/mol. The molecule has 5 aromatic rings. The van der Waals surface area contributed by atoms with E-state index in [1.165, 1.54) is 6.33 Å². The number of nitrogens with two attached hydrogens (primary N) is 1. The highest BCUT2D eigenvalue weighted by atomic mass is 16.5. The van der Waals surface area contributed by atoms with Gasteiger partial charge in [0.2, 0.25) is 0 Å². The number of nitrogens with zero attached hydrogens (tertiary/aromatic N) is 4. The molecule has 1 fully saturated rings. The summed E-state index contributed by atoms with van der Waals surface area (Å²) in [5.41, 5.74) is 9.17. The van der Waals surface area contributed by atoms with E-state index in [9.17, 15) is 4.79 Å². The number of hydrogen-bond acceptors (Lipinski definition) is 7. The Kier molecular flexibility index (Phi) is 6.44. The van der Waals surface area contributed by atoms with E-state index >= 15 is 0 Å². The number of para-hydroxylation sites is 1. The molecule has 1 aliphatic rings. The van der Waals surface area contributed by atoms with E-state index in [4.69, 9.17) is 20.3 Å². The van der Waals surface area contributed by atoms with Gasteiger partial charge in [-0.25, -0.2) is 19.4 Å². The van der Waals surface area contributed by atoms with Crippen molar-refractivity contribution in [1.29, 1.82) is 0 Å². The number of ether oxygens (including phenoxy) is 2. The van der Waals surface area contributed by atoms with Crippen LogP contribution < -0.4 is 10.5 Å². The van der Waals surface area contributed by atoms with Crippen molar-refractivity contribution in [1.82, 2.24) is 19.7 Å². The van der Waals surface area contributed by atoms with Crippen LogP contribution in [0.2, 0.25) is 0 Å². The molecule has 0 amide bonds. The third-order valence-corrected chi connectivity index (χ3v) is 6.85. The molecule has 1 aliphatic carbocycles. The van der Waals surface area contributed by atoms with Crippen molar-refractivity contribution in [3.63, 3.8) is 0 Å². The Balaban J connectivity index is 1.27. The van der Waals surface area contributed by atoms with Crippen LogP contribution in [0.4, 0.5) is 5.82 Å². The van der Waals surface area contributed by atoms with Crippen LogP contribution in [0.15, 0.2) is 91.3 Å². The summed E-state index contributed by atoms with van der Waals surface area (Å²) in [5, 5.41) is 5.70. The largest absolute Gasteiger partial charge is 0.459 e. The second-order valence-electron chi connectivity index (χ2n) is 9.40. The van der Waals surface area contributed by atoms with Gasteiger partial charge < -0.3 is 15.2 Å². The zero-order valence-electron chi connectivity index (χ0n) is 20.7. The molecular formula is C30H27N5O3. The molecule has 2 heterocycles. The van der Waals surface area contributed by atoms with Crippen LogP contribution in [-0.4, -0.2) is 31.8 Å². The van der Waals surface area contributed by atoms with Gasteiger partial charge in [-0.05, 0) is 67.8 Å². The number of fused-ring (bicyclic) bond motifs is 1. The predicted molar refractivity (Wildman–Crippen MR) is 145 cm³/mol. The topological polar surface area (TPSA) is 105 Å². The van der Waals surface area contributed by atoms with Crippen molar-refractivity contribution < 1.29 is 14.3 Å². The highest BCUT2D eigenvalue weighted by molar-refractivity contribution is 5.98. The minimum absolute atomic E-state index is 0.0172. The summed E-state index contributed by atoms with van der Waals surface area (Å²) in [6.07, 6.45) is 4.57. The van der Waals surface area contributed by atoms with Gasteiger partial charge in [0.05, 0.1) is 17.0 Å². The van der Waals surface area contributed by atoms with Crippen LogP contribution in [0.5, 0.6) is 11.5 Å². The van der Waals surface area contributed by atoms with Gasteiger partial charge >= 0.3 is 5.97 Å². The highest BCUT2D eigenvalue weighted by Gasteiger charge is 2.30. The van der Waals surface area contributed by atoms with E-state index in [1.54, 1.807) is 12.1 Å². The average Bonchev–Trinajstić information content (AvgIpc) is 3.36. The van der Waals surface area contributed by atoms with Crippen molar-refractivity contribution in [2.24, 2.45) is 0 Å². The predicted octanol–water partition coefficient (Wildman–Crippen LogP) is 6.21. The van der Waals surface area contributed by atoms with Crippen LogP contribution in [0.25, 0.3) is 22.3 Å². The SMILES string of the molecule is Nc1ncnc2c1c(-c1ccc(Oc3ccccc3)cc1)nn2C1CCCC(OC(=O)c2ccccc2)C1. The third kappa shape index (κ3) is 4.80. The van der Waals surface area contributed by atoms with Gasteiger partial charge in [0.15, 0.2) is 5.65 Å². The Labute approximate surface area is 220 Å². The average molecular weight is 506 g/mol. The molecule has 0 radical (unpaired) electrons. The van der Waals surface area contributed by atoms with Crippen LogP contribution >= 0.6 is 0 Å². The summed E-state index contributed by atoms with van der Waals surface area (Å²) in [7, 11) is 0. The van der Waals surface area contributed by atoms with E-state index in [2.05, 4.69) is 9.97 Å². The maximum Gasteiger partial charge on any atom is 0.338 e. The zero-order chi connectivity index (χ0) is 25.9. The molecule has 0 saturated heterocycles. The Hall–Kier alpha value is -4.72. The normalized spacial score (nSPS) is 17.3. The quantitative estimate of drug-likeness (QED) is 0.274. The number of esters is 1. The van der Waals surface area contributed by atoms with Gasteiger partial charge in [0, 0.05) is 12.0 Å². The lowest BCUT2D eigenvalue weighted by Crippen LogP contribution is -2.28. The summed E-state index contributed by atoms with van der Waals surface area (Å²) in [4.78, 5) is 21.4. The fraction of sp³-hybridized carbons (Fsp3) is 0.200. The fourth-order valence-corrected chi connectivity index (χ4v) is 5.00. The number of nitrogen functional groups attached to an aromatic ring is 1. The summed E-state index contributed by atoms with van der Waals surface area (Å²) >= 11 is 0. The number of rotatable bonds is 6. The van der Waals surface area contributed by atoms with Gasteiger partial charge in [0.25, 0.3) is 0 Å². The molecule has 2 aromatic heterocycles. The van der Waals surface area contributed by atoms with Crippen LogP contribution in [0.3, 0.4) is 0 Å². The summed E-state index contributed by atoms with van der Waals surface area (Å²) in [5.74, 6) is 1.58. The molecule has 190 valence electrons. The van der Waals surface area contributed by atoms with Crippen LogP contribution in [0.1, 0.15) is 42.1 Å². The van der Waals surface area contributed by atoms with Gasteiger partial charge in [-0.1, -0.05) is 36.4 Å². The van der Waals surface area contributed by atoms with Crippen LogP contribution in [-0.2, 0) is 4.74 Å². The van der Waals surface area contributed by atoms with Gasteiger partial charge in [-0.15, -0.1) is 0 Å². The minimum Gasteiger partial charge on any atom is -0.459 e. The van der Waals surface area contributed by atoms with Crippen molar-refractivity contribution in [2.75, 3.05) is 5.73 Å². The van der Waals surface area contributed by atoms with Gasteiger partial charge in [0.1, 0.15) is 35.4 Å². The minimum atomic E-state index is -0.299. The first-order valence-electron chi connectivity index (χ1n) is 12.7. The fourth-order valence-electron chi connectivity index (χ4n) is 5.00. The number of anilines is 1. The first-order chi connectivity index (χ1) is 18.7. The van der Waals surface area contributed by atoms with E-state index in [-0.39, 0.29) is 18.1 Å². The smallest absolute Gasteiger partial charge is 0.338 e. The molecule has 2 N–H and O–H groups in total. The maximum atomic E-state index is 12.7. The molecule has 2 unspecified atom stereocenters. The number of aromatic nitrogens is 4. The van der Waals surface area contributed by atoms with Crippen molar-refractivity contribution in [2.45, 2.75) is 37.8 Å². The second kappa shape index (κ2) is 10.3. The lowest BCUT2D eigenvalue weighted by atomic mass is 9.93. The lowest BCUT2D eigenvalue weighted by molar-refractivity contribution is 0.0147. The molecule has 8 nitrogen and oxygen atoms in total. The number of hydrogen-bond donors (Lipinski definition) is 1. The number of benzene rings is 3. The first-order valence-corrected chi connectivity index (χ1v) is 12.7. The number of carbonyl (C=O) groups excluding carboxylic acids is 1. The van der Waals surface area contributed by atoms with E-state index in [0.717, 1.165) is 36.3 Å². The molecular weight excluding hydrogens is 478 g/mol. The van der Waals surface area contributed by atoms with E-state index in [1.807, 2.05) is 77.5 Å². The van der Waals surface area contributed by atoms with Gasteiger partial charge in [-0.3, -0.25) is 0 Å². The molecule has 0 spiro atoms. The Morgan fingerprint density at radius 1 is 0.868 bits per heavy atom. The maximum absolute atomic E-state index is 12.7. The van der Waals surface area contributed by atoms with Crippen molar-refractivity contribution in [3.05, 3.63) is 96.8 Å². The molecule has 2 atom stereocenters. The van der Waals surface area contributed by atoms with Crippen molar-refractivity contribution in [3.8, 4) is 22.8 Å². The van der Waals surface area contributed by atoms with E-state index in [0.29, 0.717) is 34.5 Å². The van der Waals surface area contributed by atoms with Gasteiger partial charge in [-0.2, -0.15) is 5.10 Å². The Morgan fingerprint density at radius 2 is 1.58 bits per heavy atom. The van der Waals surface area contributed by atoms with E-state index < -0.39 is 0 Å². The first kappa shape index (κ1) is 23.7. The summed E-state index contributed by atoms with van der Waals surface area (Å²) in [6, 6.07) is 26.5. The Bertz CT molecular complexity index is 1550. The Morgan fingerprint density at radius 3 is 2.34 bits per heavy atom. The molecule has 6 rings (SSSR count). The molecule has 1 saturated carbocycles. The molecule has 0 aliphatic heterocycles. The second-order valence-corrected chi connectivity index (χ2v) is 9.40.